The average Bonchev–Trinajstić information content (AvgIpc) is 3.45. The number of carboxylic acid groups (broad SMARTS) is 2. The fourth-order valence-corrected chi connectivity index (χ4v) is 13.8. The molecule has 0 saturated heterocycles. The van der Waals surface area contributed by atoms with Crippen LogP contribution in [0.25, 0.3) is 0 Å². The number of hydrogen-bond donors (Lipinski definition) is 3. The van der Waals surface area contributed by atoms with Crippen molar-refractivity contribution in [3.63, 3.8) is 0 Å². The van der Waals surface area contributed by atoms with E-state index >= 15 is 0 Å². The summed E-state index contributed by atoms with van der Waals surface area (Å²) in [6.45, 7) is 22.6. The van der Waals surface area contributed by atoms with Gasteiger partial charge in [0.25, 0.3) is 0 Å². The lowest BCUT2D eigenvalue weighted by Gasteiger charge is -2.73. The molecule has 1 aromatic rings. The maximum Gasteiger partial charge on any atom is 0.335 e. The summed E-state index contributed by atoms with van der Waals surface area (Å²) in [5.41, 5.74) is 1.34. The van der Waals surface area contributed by atoms with E-state index in [-0.39, 0.29) is 51.1 Å². The van der Waals surface area contributed by atoms with Crippen LogP contribution in [0.3, 0.4) is 0 Å². The predicted molar refractivity (Wildman–Crippen MR) is 205 cm³/mol. The number of carbonyl (C=O) groups excluding carboxylic acids is 2. The smallest absolute Gasteiger partial charge is 0.335 e. The highest BCUT2D eigenvalue weighted by Gasteiger charge is 2.71. The zero-order valence-corrected chi connectivity index (χ0v) is 33.6. The van der Waals surface area contributed by atoms with Crippen molar-refractivity contribution in [2.45, 2.75) is 145 Å². The Morgan fingerprint density at radius 1 is 0.849 bits per heavy atom. The van der Waals surface area contributed by atoms with Crippen LogP contribution >= 0.6 is 0 Å². The average molecular weight is 732 g/mol. The van der Waals surface area contributed by atoms with Gasteiger partial charge in [-0.2, -0.15) is 0 Å². The summed E-state index contributed by atoms with van der Waals surface area (Å²) in [6.07, 6.45) is 10.9. The van der Waals surface area contributed by atoms with Crippen molar-refractivity contribution in [1.29, 1.82) is 0 Å². The Labute approximate surface area is 317 Å². The van der Waals surface area contributed by atoms with E-state index in [1.165, 1.54) is 12.0 Å². The molecule has 1 amide bonds. The molecule has 0 radical (unpaired) electrons. The molecule has 5 fully saturated rings. The molecule has 6 rings (SSSR count). The molecule has 0 spiro atoms. The number of hydrogen-bond acceptors (Lipinski definition) is 5. The van der Waals surface area contributed by atoms with E-state index < -0.39 is 23.3 Å². The van der Waals surface area contributed by atoms with E-state index in [0.29, 0.717) is 42.6 Å². The number of allylic oxidation sites excluding steroid dienone is 1. The van der Waals surface area contributed by atoms with Gasteiger partial charge >= 0.3 is 17.9 Å². The number of aromatic carboxylic acids is 1. The van der Waals surface area contributed by atoms with E-state index in [2.05, 4.69) is 53.4 Å². The molecule has 8 heteroatoms. The Morgan fingerprint density at radius 3 is 2.15 bits per heavy atom. The molecule has 1 aromatic carbocycles. The van der Waals surface area contributed by atoms with Crippen LogP contribution in [0.4, 0.5) is 0 Å². The molecule has 0 aliphatic heterocycles. The molecule has 53 heavy (non-hydrogen) atoms. The molecular formula is C45H65NO7. The van der Waals surface area contributed by atoms with E-state index in [1.807, 2.05) is 0 Å². The minimum Gasteiger partial charge on any atom is -0.481 e. The standard InChI is InChI=1S/C45H65NO7/c1-27(2)30-16-21-45(24-35(47)46-26-28-10-12-29(13-11-28)38(49)50)23-22-43(8)31(37(30)45)14-15-33-42(7)19-18-34(53-36(48)25-40(3,4)39(51)52)41(5,6)32(42)17-20-44(33,43)9/h10-13,30-34,37H,1,14-26H2,2-9H3,(H,46,47)(H,49,50)(H,51,52)/t30-,31+,32-,33+,34-,37+,42-,43+,44+,45+/m0/s1. The van der Waals surface area contributed by atoms with Crippen LogP contribution in [0.5, 0.6) is 0 Å². The fraction of sp³-hybridized carbons (Fsp3) is 0.733. The van der Waals surface area contributed by atoms with Gasteiger partial charge < -0.3 is 20.3 Å². The number of carbonyl (C=O) groups is 4. The monoisotopic (exact) mass is 731 g/mol. The third-order valence-electron chi connectivity index (χ3n) is 16.8. The summed E-state index contributed by atoms with van der Waals surface area (Å²) in [5.74, 6) is 0.0237. The second kappa shape index (κ2) is 13.5. The van der Waals surface area contributed by atoms with Crippen molar-refractivity contribution < 1.29 is 34.1 Å². The topological polar surface area (TPSA) is 130 Å². The third-order valence-corrected chi connectivity index (χ3v) is 16.8. The van der Waals surface area contributed by atoms with Gasteiger partial charge in [0.15, 0.2) is 0 Å². The molecule has 0 aromatic heterocycles. The summed E-state index contributed by atoms with van der Waals surface area (Å²) < 4.78 is 6.17. The highest BCUT2D eigenvalue weighted by molar-refractivity contribution is 5.87. The van der Waals surface area contributed by atoms with E-state index in [1.54, 1.807) is 38.1 Å². The van der Waals surface area contributed by atoms with Crippen molar-refractivity contribution in [3.05, 3.63) is 47.5 Å². The number of aliphatic carboxylic acids is 1. The van der Waals surface area contributed by atoms with Crippen molar-refractivity contribution in [1.82, 2.24) is 5.32 Å². The Balaban J connectivity index is 1.21. The highest BCUT2D eigenvalue weighted by atomic mass is 16.5. The van der Waals surface area contributed by atoms with Crippen LogP contribution in [0.15, 0.2) is 36.4 Å². The molecular weight excluding hydrogens is 666 g/mol. The van der Waals surface area contributed by atoms with Gasteiger partial charge in [-0.3, -0.25) is 14.4 Å². The first kappa shape index (κ1) is 39.5. The number of rotatable bonds is 10. The van der Waals surface area contributed by atoms with Crippen LogP contribution in [0, 0.1) is 62.1 Å². The fourth-order valence-electron chi connectivity index (χ4n) is 13.8. The number of esters is 1. The highest BCUT2D eigenvalue weighted by Crippen LogP contribution is 2.78. The van der Waals surface area contributed by atoms with Gasteiger partial charge in [-0.1, -0.05) is 58.9 Å². The molecule has 8 nitrogen and oxygen atoms in total. The lowest BCUT2D eigenvalue weighted by molar-refractivity contribution is -0.250. The molecule has 0 unspecified atom stereocenters. The predicted octanol–water partition coefficient (Wildman–Crippen LogP) is 9.46. The number of amides is 1. The minimum absolute atomic E-state index is 0.0471. The summed E-state index contributed by atoms with van der Waals surface area (Å²) in [7, 11) is 0. The summed E-state index contributed by atoms with van der Waals surface area (Å²) in [5, 5.41) is 22.1. The van der Waals surface area contributed by atoms with Crippen LogP contribution < -0.4 is 5.32 Å². The lowest BCUT2D eigenvalue weighted by Crippen LogP contribution is -2.67. The zero-order valence-electron chi connectivity index (χ0n) is 33.6. The van der Waals surface area contributed by atoms with Crippen molar-refractivity contribution in [2.75, 3.05) is 0 Å². The Morgan fingerprint density at radius 2 is 1.53 bits per heavy atom. The van der Waals surface area contributed by atoms with Crippen LogP contribution in [0.2, 0.25) is 0 Å². The van der Waals surface area contributed by atoms with E-state index in [4.69, 9.17) is 4.74 Å². The lowest BCUT2D eigenvalue weighted by atomic mass is 9.32. The van der Waals surface area contributed by atoms with Gasteiger partial charge in [0.2, 0.25) is 5.91 Å². The summed E-state index contributed by atoms with van der Waals surface area (Å²) >= 11 is 0. The minimum atomic E-state index is -1.16. The zero-order chi connectivity index (χ0) is 38.9. The normalized spacial score (nSPS) is 38.6. The largest absolute Gasteiger partial charge is 0.481 e. The second-order valence-corrected chi connectivity index (χ2v) is 20.2. The first-order chi connectivity index (χ1) is 24.6. The number of nitrogens with one attached hydrogen (secondary N) is 1. The van der Waals surface area contributed by atoms with Crippen LogP contribution in [-0.2, 0) is 25.7 Å². The first-order valence-corrected chi connectivity index (χ1v) is 20.3. The van der Waals surface area contributed by atoms with Gasteiger partial charge in [-0.15, -0.1) is 0 Å². The van der Waals surface area contributed by atoms with E-state index in [9.17, 15) is 29.4 Å². The molecule has 5 saturated carbocycles. The van der Waals surface area contributed by atoms with Crippen LogP contribution in [0.1, 0.15) is 148 Å². The Bertz CT molecular complexity index is 1650. The third kappa shape index (κ3) is 6.46. The molecule has 0 bridgehead atoms. The Hall–Kier alpha value is -3.16. The maximum absolute atomic E-state index is 13.8. The molecule has 5 aliphatic rings. The van der Waals surface area contributed by atoms with Crippen molar-refractivity contribution in [3.8, 4) is 0 Å². The van der Waals surface area contributed by atoms with Gasteiger partial charge in [-0.25, -0.2) is 4.79 Å². The van der Waals surface area contributed by atoms with Gasteiger partial charge in [0.05, 0.1) is 17.4 Å². The molecule has 10 atom stereocenters. The SMILES string of the molecule is C=C(C)[C@@H]1CC[C@]2(CC(=O)NCc3ccc(C(=O)O)cc3)CC[C@]3(C)[C@H](CC[C@@H]4[C@@]5(C)CC[C@H](OC(=O)CC(C)(C)C(=O)O)C(C)(C)[C@@H]5CC[C@]43C)[C@@H]12. The number of carboxylic acids is 2. The number of fused-ring (bicyclic) bond motifs is 7. The molecule has 3 N–H and O–H groups in total. The van der Waals surface area contributed by atoms with Crippen molar-refractivity contribution >= 4 is 23.8 Å². The van der Waals surface area contributed by atoms with Gasteiger partial charge in [-0.05, 0) is 154 Å². The Kier molecular flexibility index (Phi) is 10.1. The number of ether oxygens (including phenoxy) is 1. The first-order valence-electron chi connectivity index (χ1n) is 20.3. The van der Waals surface area contributed by atoms with Crippen LogP contribution in [-0.4, -0.2) is 40.1 Å². The van der Waals surface area contributed by atoms with Gasteiger partial charge in [0.1, 0.15) is 6.10 Å². The van der Waals surface area contributed by atoms with Crippen molar-refractivity contribution in [2.24, 2.45) is 62.1 Å². The quantitative estimate of drug-likeness (QED) is 0.161. The van der Waals surface area contributed by atoms with E-state index in [0.717, 1.165) is 63.4 Å². The number of benzene rings is 1. The second-order valence-electron chi connectivity index (χ2n) is 20.2. The molecule has 292 valence electrons. The summed E-state index contributed by atoms with van der Waals surface area (Å²) in [4.78, 5) is 49.9. The summed E-state index contributed by atoms with van der Waals surface area (Å²) in [6, 6.07) is 6.74. The van der Waals surface area contributed by atoms with Gasteiger partial charge in [0, 0.05) is 18.4 Å². The molecule has 0 heterocycles. The maximum atomic E-state index is 13.8. The molecule has 5 aliphatic carbocycles.